The number of rotatable bonds is 6. The second kappa shape index (κ2) is 7.85. The number of aliphatic hydroxyl groups excluding tert-OH is 7. The van der Waals surface area contributed by atoms with Gasteiger partial charge in [0.05, 0.1) is 13.2 Å². The molecule has 11 heteroatoms. The third-order valence-corrected chi connectivity index (χ3v) is 4.31. The van der Waals surface area contributed by atoms with Crippen LogP contribution in [-0.4, -0.2) is 117 Å². The third kappa shape index (κ3) is 3.30. The average Bonchev–Trinajstić information content (AvgIpc) is 2.83. The summed E-state index contributed by atoms with van der Waals surface area (Å²) in [4.78, 5) is 0. The molecule has 2 fully saturated rings. The van der Waals surface area contributed by atoms with E-state index in [1.54, 1.807) is 0 Å². The number of aliphatic hydroxyl groups is 7. The van der Waals surface area contributed by atoms with Crippen LogP contribution in [0.25, 0.3) is 0 Å². The molecule has 0 aromatic rings. The van der Waals surface area contributed by atoms with Gasteiger partial charge in [0.25, 0.3) is 0 Å². The van der Waals surface area contributed by atoms with Crippen LogP contribution >= 0.6 is 0 Å². The van der Waals surface area contributed by atoms with Gasteiger partial charge in [-0.05, 0) is 0 Å². The van der Waals surface area contributed by atoms with Crippen LogP contribution in [0, 0.1) is 0 Å². The standard InChI is InChI=1S/C13H24O11/c1-21-10-6(3-15)22-12(9(19)8(10)18)24-13(4-16)11(20)7(17)5(2-14)23-13/h5-12,14-20H,2-4H2,1H3/t5-,6-,7-,8-,9-,10-,11+,12+,13-/m1/s1. The SMILES string of the molecule is CO[C@H]1[C@H](O)[C@@H](O)[C@H](O[C@@]2(CO)O[C@H](CO)[C@@H](O)[C@@H]2O)O[C@@H]1CO. The van der Waals surface area contributed by atoms with Gasteiger partial charge < -0.3 is 54.7 Å². The Morgan fingerprint density at radius 1 is 0.917 bits per heavy atom. The lowest BCUT2D eigenvalue weighted by Crippen LogP contribution is -2.63. The summed E-state index contributed by atoms with van der Waals surface area (Å²) in [6.45, 7) is -2.13. The minimum absolute atomic E-state index is 0.556. The van der Waals surface area contributed by atoms with E-state index in [1.807, 2.05) is 0 Å². The van der Waals surface area contributed by atoms with Crippen molar-refractivity contribution < 1.29 is 54.7 Å². The average molecular weight is 356 g/mol. The molecule has 0 aliphatic carbocycles. The highest BCUT2D eigenvalue weighted by Gasteiger charge is 2.58. The van der Waals surface area contributed by atoms with Gasteiger partial charge in [-0.25, -0.2) is 0 Å². The lowest BCUT2D eigenvalue weighted by atomic mass is 9.98. The topological polar surface area (TPSA) is 179 Å². The first-order valence-electron chi connectivity index (χ1n) is 7.44. The molecule has 24 heavy (non-hydrogen) atoms. The fourth-order valence-corrected chi connectivity index (χ4v) is 2.91. The van der Waals surface area contributed by atoms with Gasteiger partial charge in [-0.1, -0.05) is 0 Å². The van der Waals surface area contributed by atoms with E-state index in [4.69, 9.17) is 24.1 Å². The summed E-state index contributed by atoms with van der Waals surface area (Å²) in [6, 6.07) is 0. The Kier molecular flexibility index (Phi) is 6.50. The van der Waals surface area contributed by atoms with E-state index in [2.05, 4.69) is 0 Å². The van der Waals surface area contributed by atoms with Crippen molar-refractivity contribution in [3.05, 3.63) is 0 Å². The van der Waals surface area contributed by atoms with Gasteiger partial charge in [-0.3, -0.25) is 0 Å². The number of methoxy groups -OCH3 is 1. The molecule has 7 N–H and O–H groups in total. The van der Waals surface area contributed by atoms with Crippen molar-refractivity contribution in [1.29, 1.82) is 0 Å². The molecule has 2 saturated heterocycles. The van der Waals surface area contributed by atoms with Crippen molar-refractivity contribution in [3.8, 4) is 0 Å². The van der Waals surface area contributed by atoms with Crippen LogP contribution in [0.4, 0.5) is 0 Å². The minimum Gasteiger partial charge on any atom is -0.394 e. The van der Waals surface area contributed by atoms with Gasteiger partial charge in [-0.15, -0.1) is 0 Å². The largest absolute Gasteiger partial charge is 0.394 e. The van der Waals surface area contributed by atoms with Gasteiger partial charge >= 0.3 is 0 Å². The van der Waals surface area contributed by atoms with Crippen molar-refractivity contribution in [2.75, 3.05) is 26.9 Å². The highest BCUT2D eigenvalue weighted by molar-refractivity contribution is 4.98. The van der Waals surface area contributed by atoms with Gasteiger partial charge in [0.1, 0.15) is 49.3 Å². The van der Waals surface area contributed by atoms with E-state index in [-0.39, 0.29) is 0 Å². The number of hydrogen-bond acceptors (Lipinski definition) is 11. The Hall–Kier alpha value is -0.440. The van der Waals surface area contributed by atoms with E-state index in [0.29, 0.717) is 0 Å². The molecule has 0 spiro atoms. The number of hydrogen-bond donors (Lipinski definition) is 7. The van der Waals surface area contributed by atoms with E-state index >= 15 is 0 Å². The first kappa shape index (κ1) is 19.9. The lowest BCUT2D eigenvalue weighted by molar-refractivity contribution is -0.384. The Morgan fingerprint density at radius 2 is 1.54 bits per heavy atom. The smallest absolute Gasteiger partial charge is 0.224 e. The molecule has 0 amide bonds. The predicted octanol–water partition coefficient (Wildman–Crippen LogP) is -4.74. The van der Waals surface area contributed by atoms with Crippen LogP contribution in [0.2, 0.25) is 0 Å². The molecule has 0 radical (unpaired) electrons. The predicted molar refractivity (Wildman–Crippen MR) is 73.4 cm³/mol. The van der Waals surface area contributed by atoms with Crippen LogP contribution in [0.5, 0.6) is 0 Å². The summed E-state index contributed by atoms with van der Waals surface area (Å²) in [5, 5.41) is 68.0. The summed E-state index contributed by atoms with van der Waals surface area (Å²) in [7, 11) is 1.26. The normalized spacial score (nSPS) is 49.5. The van der Waals surface area contributed by atoms with E-state index in [1.165, 1.54) is 7.11 Å². The minimum atomic E-state index is -2.18. The second-order valence-corrected chi connectivity index (χ2v) is 5.77. The first-order valence-corrected chi connectivity index (χ1v) is 7.44. The molecule has 0 bridgehead atoms. The van der Waals surface area contributed by atoms with Crippen LogP contribution in [0.15, 0.2) is 0 Å². The zero-order valence-corrected chi connectivity index (χ0v) is 13.0. The summed E-state index contributed by atoms with van der Waals surface area (Å²) < 4.78 is 20.8. The first-order chi connectivity index (χ1) is 11.3. The molecule has 0 saturated carbocycles. The molecule has 2 aliphatic rings. The lowest BCUT2D eigenvalue weighted by Gasteiger charge is -2.44. The highest BCUT2D eigenvalue weighted by Crippen LogP contribution is 2.36. The molecule has 142 valence electrons. The molecular formula is C13H24O11. The Balaban J connectivity index is 2.18. The van der Waals surface area contributed by atoms with Crippen molar-refractivity contribution in [2.24, 2.45) is 0 Å². The fourth-order valence-electron chi connectivity index (χ4n) is 2.91. The van der Waals surface area contributed by atoms with Crippen LogP contribution in [-0.2, 0) is 18.9 Å². The molecule has 9 atom stereocenters. The van der Waals surface area contributed by atoms with Crippen LogP contribution in [0.1, 0.15) is 0 Å². The Morgan fingerprint density at radius 3 is 2.00 bits per heavy atom. The Bertz CT molecular complexity index is 407. The summed E-state index contributed by atoms with van der Waals surface area (Å²) in [6.07, 6.45) is -11.3. The molecule has 2 heterocycles. The number of ether oxygens (including phenoxy) is 4. The van der Waals surface area contributed by atoms with E-state index in [9.17, 15) is 30.6 Å². The highest BCUT2D eigenvalue weighted by atomic mass is 16.8. The third-order valence-electron chi connectivity index (χ3n) is 4.31. The van der Waals surface area contributed by atoms with Gasteiger partial charge in [-0.2, -0.15) is 0 Å². The van der Waals surface area contributed by atoms with Crippen molar-refractivity contribution in [2.45, 2.75) is 54.8 Å². The molecule has 11 nitrogen and oxygen atoms in total. The molecule has 0 aromatic carbocycles. The van der Waals surface area contributed by atoms with E-state index in [0.717, 1.165) is 0 Å². The maximum Gasteiger partial charge on any atom is 0.224 e. The fraction of sp³-hybridized carbons (Fsp3) is 1.00. The van der Waals surface area contributed by atoms with Crippen molar-refractivity contribution in [3.63, 3.8) is 0 Å². The van der Waals surface area contributed by atoms with Gasteiger partial charge in [0, 0.05) is 7.11 Å². The molecule has 0 unspecified atom stereocenters. The maximum absolute atomic E-state index is 10.1. The summed E-state index contributed by atoms with van der Waals surface area (Å²) >= 11 is 0. The van der Waals surface area contributed by atoms with E-state index < -0.39 is 74.6 Å². The molecule has 2 rings (SSSR count). The molecule has 0 aromatic heterocycles. The zero-order valence-electron chi connectivity index (χ0n) is 13.0. The van der Waals surface area contributed by atoms with Crippen LogP contribution < -0.4 is 0 Å². The van der Waals surface area contributed by atoms with Gasteiger partial charge in [0.15, 0.2) is 6.29 Å². The molecule has 2 aliphatic heterocycles. The van der Waals surface area contributed by atoms with Crippen molar-refractivity contribution >= 4 is 0 Å². The summed E-state index contributed by atoms with van der Waals surface area (Å²) in [5.74, 6) is -2.18. The van der Waals surface area contributed by atoms with Crippen molar-refractivity contribution in [1.82, 2.24) is 0 Å². The maximum atomic E-state index is 10.1. The molecular weight excluding hydrogens is 332 g/mol. The van der Waals surface area contributed by atoms with Gasteiger partial charge in [0.2, 0.25) is 5.79 Å². The van der Waals surface area contributed by atoms with Crippen LogP contribution in [0.3, 0.4) is 0 Å². The summed E-state index contributed by atoms with van der Waals surface area (Å²) in [5.41, 5.74) is 0. The second-order valence-electron chi connectivity index (χ2n) is 5.77. The quantitative estimate of drug-likeness (QED) is 0.243. The Labute approximate surface area is 137 Å². The monoisotopic (exact) mass is 356 g/mol. The zero-order chi connectivity index (χ0) is 18.1.